The molecule has 1 aromatic rings. The van der Waals surface area contributed by atoms with Crippen molar-refractivity contribution >= 4 is 21.7 Å². The van der Waals surface area contributed by atoms with Gasteiger partial charge in [0.2, 0.25) is 10.0 Å². The van der Waals surface area contributed by atoms with E-state index in [2.05, 4.69) is 14.6 Å². The first kappa shape index (κ1) is 14.5. The van der Waals surface area contributed by atoms with Crippen LogP contribution in [0.2, 0.25) is 0 Å². The number of aryl methyl sites for hydroxylation is 1. The molecule has 102 valence electrons. The highest BCUT2D eigenvalue weighted by Crippen LogP contribution is 2.22. The van der Waals surface area contributed by atoms with Crippen LogP contribution in [-0.2, 0) is 21.8 Å². The first-order valence-electron chi connectivity index (χ1n) is 5.34. The number of esters is 1. The molecule has 0 radical (unpaired) electrons. The largest absolute Gasteiger partial charge is 0.464 e. The van der Waals surface area contributed by atoms with Gasteiger partial charge < -0.3 is 4.74 Å². The molecule has 0 atom stereocenters. The zero-order valence-electron chi connectivity index (χ0n) is 11.0. The first-order valence-corrected chi connectivity index (χ1v) is 6.89. The third-order valence-corrected chi connectivity index (χ3v) is 4.31. The number of anilines is 1. The van der Waals surface area contributed by atoms with Crippen molar-refractivity contribution in [1.29, 1.82) is 0 Å². The molecule has 0 amide bonds. The molecular formula is C10H17N3O4S. The summed E-state index contributed by atoms with van der Waals surface area (Å²) in [5, 5.41) is 3.33. The number of hydrogen-bond donors (Lipinski definition) is 1. The van der Waals surface area contributed by atoms with Gasteiger partial charge in [0, 0.05) is 7.05 Å². The van der Waals surface area contributed by atoms with Gasteiger partial charge in [0.1, 0.15) is 5.69 Å². The lowest BCUT2D eigenvalue weighted by Crippen LogP contribution is -2.24. The van der Waals surface area contributed by atoms with Crippen LogP contribution in [0.4, 0.5) is 5.69 Å². The third kappa shape index (κ3) is 2.63. The molecule has 0 aliphatic carbocycles. The summed E-state index contributed by atoms with van der Waals surface area (Å²) in [5.74, 6) is -0.680. The van der Waals surface area contributed by atoms with E-state index in [1.807, 2.05) is 0 Å². The number of aromatic nitrogens is 2. The molecule has 8 heteroatoms. The summed E-state index contributed by atoms with van der Waals surface area (Å²) in [7, 11) is -0.700. The summed E-state index contributed by atoms with van der Waals surface area (Å²) in [4.78, 5) is 11.5. The maximum absolute atomic E-state index is 11.8. The van der Waals surface area contributed by atoms with Crippen molar-refractivity contribution in [1.82, 2.24) is 9.78 Å². The van der Waals surface area contributed by atoms with Crippen LogP contribution in [0.15, 0.2) is 0 Å². The minimum absolute atomic E-state index is 0.0401. The number of ether oxygens (including phenoxy) is 1. The molecular weight excluding hydrogens is 258 g/mol. The summed E-state index contributed by atoms with van der Waals surface area (Å²) in [6.45, 7) is 4.76. The summed E-state index contributed by atoms with van der Waals surface area (Å²) in [5.41, 5.74) is 0.666. The van der Waals surface area contributed by atoms with Gasteiger partial charge >= 0.3 is 5.97 Å². The number of hydrogen-bond acceptors (Lipinski definition) is 5. The fourth-order valence-corrected chi connectivity index (χ4v) is 1.99. The molecule has 0 aliphatic heterocycles. The van der Waals surface area contributed by atoms with Gasteiger partial charge in [0.15, 0.2) is 5.69 Å². The van der Waals surface area contributed by atoms with Crippen molar-refractivity contribution in [3.05, 3.63) is 11.4 Å². The van der Waals surface area contributed by atoms with Crippen LogP contribution in [-0.4, -0.2) is 36.5 Å². The van der Waals surface area contributed by atoms with Gasteiger partial charge in [-0.3, -0.25) is 9.40 Å². The van der Waals surface area contributed by atoms with Gasteiger partial charge in [0.05, 0.1) is 18.1 Å². The Labute approximate surface area is 106 Å². The molecule has 1 aromatic heterocycles. The van der Waals surface area contributed by atoms with E-state index < -0.39 is 21.2 Å². The molecule has 7 nitrogen and oxygen atoms in total. The molecule has 0 aliphatic rings. The highest BCUT2D eigenvalue weighted by atomic mass is 32.2. The van der Waals surface area contributed by atoms with Crippen molar-refractivity contribution in [2.24, 2.45) is 7.05 Å². The number of carbonyl (C=O) groups excluding carboxylic acids is 1. The number of methoxy groups -OCH3 is 1. The van der Waals surface area contributed by atoms with Gasteiger partial charge in [-0.15, -0.1) is 0 Å². The van der Waals surface area contributed by atoms with Gasteiger partial charge in [0.25, 0.3) is 0 Å². The van der Waals surface area contributed by atoms with Gasteiger partial charge in [-0.1, -0.05) is 0 Å². The Morgan fingerprint density at radius 2 is 2.00 bits per heavy atom. The lowest BCUT2D eigenvalue weighted by molar-refractivity contribution is 0.0594. The normalized spacial score (nSPS) is 11.7. The van der Waals surface area contributed by atoms with E-state index in [1.165, 1.54) is 11.8 Å². The highest BCUT2D eigenvalue weighted by molar-refractivity contribution is 7.93. The zero-order chi connectivity index (χ0) is 14.1. The summed E-state index contributed by atoms with van der Waals surface area (Å²) < 4.78 is 32.0. The highest BCUT2D eigenvalue weighted by Gasteiger charge is 2.25. The SMILES string of the molecule is COC(=O)c1nn(C)c(C)c1NS(=O)(=O)C(C)C. The number of rotatable bonds is 4. The lowest BCUT2D eigenvalue weighted by atomic mass is 10.3. The monoisotopic (exact) mass is 275 g/mol. The van der Waals surface area contributed by atoms with Crippen LogP contribution in [0.5, 0.6) is 0 Å². The zero-order valence-corrected chi connectivity index (χ0v) is 11.8. The van der Waals surface area contributed by atoms with Gasteiger partial charge in [-0.2, -0.15) is 5.10 Å². The average molecular weight is 275 g/mol. The molecule has 18 heavy (non-hydrogen) atoms. The van der Waals surface area contributed by atoms with E-state index in [0.717, 1.165) is 0 Å². The summed E-state index contributed by atoms with van der Waals surface area (Å²) in [6, 6.07) is 0. The maximum Gasteiger partial charge on any atom is 0.360 e. The van der Waals surface area contributed by atoms with Crippen molar-refractivity contribution in [2.75, 3.05) is 11.8 Å². The Kier molecular flexibility index (Phi) is 4.00. The molecule has 0 unspecified atom stereocenters. The van der Waals surface area contributed by atoms with Crippen LogP contribution in [0, 0.1) is 6.92 Å². The predicted molar refractivity (Wildman–Crippen MR) is 67.0 cm³/mol. The Bertz CT molecular complexity index is 560. The quantitative estimate of drug-likeness (QED) is 0.815. The minimum atomic E-state index is -3.54. The number of carbonyl (C=O) groups is 1. The Balaban J connectivity index is 3.28. The Morgan fingerprint density at radius 3 is 2.44 bits per heavy atom. The lowest BCUT2D eigenvalue weighted by Gasteiger charge is -2.11. The number of nitrogens with zero attached hydrogens (tertiary/aromatic N) is 2. The fraction of sp³-hybridized carbons (Fsp3) is 0.600. The molecule has 0 bridgehead atoms. The van der Waals surface area contributed by atoms with E-state index in [0.29, 0.717) is 5.69 Å². The minimum Gasteiger partial charge on any atom is -0.464 e. The molecule has 0 spiro atoms. The molecule has 1 rings (SSSR count). The molecule has 0 saturated heterocycles. The molecule has 1 heterocycles. The van der Waals surface area contributed by atoms with Crippen LogP contribution >= 0.6 is 0 Å². The number of nitrogens with one attached hydrogen (secondary N) is 1. The van der Waals surface area contributed by atoms with Crippen molar-refractivity contribution in [3.63, 3.8) is 0 Å². The molecule has 0 aromatic carbocycles. The Hall–Kier alpha value is -1.57. The third-order valence-electron chi connectivity index (χ3n) is 2.58. The molecule has 1 N–H and O–H groups in total. The van der Waals surface area contributed by atoms with E-state index in [4.69, 9.17) is 0 Å². The maximum atomic E-state index is 11.8. The molecule has 0 fully saturated rings. The van der Waals surface area contributed by atoms with Crippen molar-refractivity contribution < 1.29 is 17.9 Å². The standard InChI is InChI=1S/C10H17N3O4S/c1-6(2)18(15,16)12-8-7(3)13(4)11-9(8)10(14)17-5/h6,12H,1-5H3. The Morgan fingerprint density at radius 1 is 1.44 bits per heavy atom. The predicted octanol–water partition coefficient (Wildman–Crippen LogP) is 0.665. The van der Waals surface area contributed by atoms with Crippen LogP contribution in [0.1, 0.15) is 30.0 Å². The fourth-order valence-electron chi connectivity index (χ4n) is 1.23. The van der Waals surface area contributed by atoms with Crippen molar-refractivity contribution in [2.45, 2.75) is 26.0 Å². The van der Waals surface area contributed by atoms with Crippen molar-refractivity contribution in [3.8, 4) is 0 Å². The van der Waals surface area contributed by atoms with E-state index in [1.54, 1.807) is 27.8 Å². The number of sulfonamides is 1. The van der Waals surface area contributed by atoms with Crippen LogP contribution in [0.25, 0.3) is 0 Å². The van der Waals surface area contributed by atoms with E-state index >= 15 is 0 Å². The summed E-state index contributed by atoms with van der Waals surface area (Å²) >= 11 is 0. The van der Waals surface area contributed by atoms with Gasteiger partial charge in [-0.05, 0) is 20.8 Å². The first-order chi connectivity index (χ1) is 8.20. The van der Waals surface area contributed by atoms with Crippen LogP contribution < -0.4 is 4.72 Å². The molecule has 0 saturated carbocycles. The second kappa shape index (κ2) is 4.97. The van der Waals surface area contributed by atoms with Gasteiger partial charge in [-0.25, -0.2) is 13.2 Å². The smallest absolute Gasteiger partial charge is 0.360 e. The average Bonchev–Trinajstić information content (AvgIpc) is 2.55. The topological polar surface area (TPSA) is 90.3 Å². The van der Waals surface area contributed by atoms with E-state index in [9.17, 15) is 13.2 Å². The second-order valence-corrected chi connectivity index (χ2v) is 6.36. The second-order valence-electron chi connectivity index (χ2n) is 4.12. The summed E-state index contributed by atoms with van der Waals surface area (Å²) in [6.07, 6.45) is 0. The van der Waals surface area contributed by atoms with E-state index in [-0.39, 0.29) is 11.4 Å². The van der Waals surface area contributed by atoms with Crippen LogP contribution in [0.3, 0.4) is 0 Å².